The SMILES string of the molecule is CCCCCCCCCCCCCCc1ccc(CCCCCCCCCCCCCC)c(O[P+]([O-])([S-])[S-])c1.[Zn+2]. The summed E-state index contributed by atoms with van der Waals surface area (Å²) < 4.78 is 5.63. The van der Waals surface area contributed by atoms with Crippen LogP contribution >= 0.6 is 6.12 Å². The Balaban J connectivity index is 0.0000152. The van der Waals surface area contributed by atoms with Crippen LogP contribution in [0.2, 0.25) is 0 Å². The van der Waals surface area contributed by atoms with Gasteiger partial charge >= 0.3 is 19.5 Å². The molecule has 0 saturated heterocycles. The van der Waals surface area contributed by atoms with Gasteiger partial charge in [-0.25, -0.2) is 0 Å². The molecule has 6 heteroatoms. The van der Waals surface area contributed by atoms with Gasteiger partial charge in [-0.2, -0.15) is 0 Å². The van der Waals surface area contributed by atoms with Gasteiger partial charge in [-0.3, -0.25) is 0 Å². The van der Waals surface area contributed by atoms with Crippen molar-refractivity contribution in [2.75, 3.05) is 0 Å². The van der Waals surface area contributed by atoms with E-state index in [1.807, 2.05) is 0 Å². The van der Waals surface area contributed by atoms with E-state index in [4.69, 9.17) is 29.0 Å². The largest absolute Gasteiger partial charge is 2.00 e. The molecule has 0 aliphatic carbocycles. The third-order valence-electron chi connectivity index (χ3n) is 7.96. The van der Waals surface area contributed by atoms with E-state index >= 15 is 0 Å². The summed E-state index contributed by atoms with van der Waals surface area (Å²) in [5, 5.41) is 0. The second-order valence-electron chi connectivity index (χ2n) is 11.8. The Hall–Kier alpha value is 0.733. The number of hydrogen-bond acceptors (Lipinski definition) is 4. The maximum Gasteiger partial charge on any atom is 2.00 e. The molecule has 228 valence electrons. The second kappa shape index (κ2) is 28.5. The van der Waals surface area contributed by atoms with Crippen LogP contribution in [0.4, 0.5) is 0 Å². The van der Waals surface area contributed by atoms with Crippen LogP contribution in [-0.4, -0.2) is 0 Å². The van der Waals surface area contributed by atoms with Gasteiger partial charge in [-0.1, -0.05) is 167 Å². The van der Waals surface area contributed by atoms with Crippen LogP contribution in [0.1, 0.15) is 179 Å². The number of rotatable bonds is 28. The topological polar surface area (TPSA) is 32.3 Å². The maximum atomic E-state index is 12.1. The Bertz CT molecular complexity index is 684. The third-order valence-corrected chi connectivity index (χ3v) is 8.83. The third kappa shape index (κ3) is 25.3. The van der Waals surface area contributed by atoms with Gasteiger partial charge in [-0.05, 0) is 42.9 Å². The predicted molar refractivity (Wildman–Crippen MR) is 178 cm³/mol. The van der Waals surface area contributed by atoms with Crippen LogP contribution in [0.3, 0.4) is 0 Å². The molecule has 0 unspecified atom stereocenters. The summed E-state index contributed by atoms with van der Waals surface area (Å²) in [5.74, 6) is 0.669. The van der Waals surface area contributed by atoms with Crippen molar-refractivity contribution in [3.8, 4) is 5.75 Å². The molecule has 1 rings (SSSR count). The van der Waals surface area contributed by atoms with E-state index < -0.39 is 6.12 Å². The van der Waals surface area contributed by atoms with E-state index in [0.717, 1.165) is 24.8 Å². The molecule has 1 aromatic rings. The summed E-state index contributed by atoms with van der Waals surface area (Å²) in [6.07, 6.45) is 31.0. The Morgan fingerprint density at radius 1 is 0.550 bits per heavy atom. The normalized spacial score (nSPS) is 11.5. The number of unbranched alkanes of at least 4 members (excludes halogenated alkanes) is 22. The molecule has 40 heavy (non-hydrogen) atoms. The van der Waals surface area contributed by atoms with Gasteiger partial charge in [0.2, 0.25) is 0 Å². The molecule has 2 nitrogen and oxygen atoms in total. The second-order valence-corrected chi connectivity index (χ2v) is 16.4. The van der Waals surface area contributed by atoms with Crippen LogP contribution in [0, 0.1) is 0 Å². The van der Waals surface area contributed by atoms with Gasteiger partial charge in [0.25, 0.3) is 0 Å². The fourth-order valence-corrected chi connectivity index (χ4v) is 6.39. The van der Waals surface area contributed by atoms with E-state index in [9.17, 15) is 4.89 Å². The van der Waals surface area contributed by atoms with E-state index in [2.05, 4.69) is 32.0 Å². The summed E-state index contributed by atoms with van der Waals surface area (Å²) in [4.78, 5) is 12.1. The van der Waals surface area contributed by atoms with Gasteiger partial charge in [0.05, 0.1) is 0 Å². The summed E-state index contributed by atoms with van der Waals surface area (Å²) in [6, 6.07) is 6.43. The summed E-state index contributed by atoms with van der Waals surface area (Å²) in [5.41, 5.74) is 2.35. The first-order valence-corrected chi connectivity index (χ1v) is 20.4. The molecule has 0 aliphatic rings. The van der Waals surface area contributed by atoms with Crippen molar-refractivity contribution in [3.63, 3.8) is 0 Å². The average molecular weight is 662 g/mol. The molecule has 0 radical (unpaired) electrons. The molecule has 0 amide bonds. The number of benzene rings is 1. The number of aryl methyl sites for hydroxylation is 2. The Labute approximate surface area is 274 Å². The fourth-order valence-electron chi connectivity index (χ4n) is 5.49. The maximum absolute atomic E-state index is 12.1. The van der Waals surface area contributed by atoms with Gasteiger partial charge in [-0.15, -0.1) is 6.12 Å². The molecule has 0 N–H and O–H groups in total. The Kier molecular flexibility index (Phi) is 29.0. The van der Waals surface area contributed by atoms with Crippen molar-refractivity contribution >= 4 is 30.6 Å². The molecule has 0 aliphatic heterocycles. The van der Waals surface area contributed by atoms with Crippen molar-refractivity contribution in [3.05, 3.63) is 29.3 Å². The zero-order valence-electron chi connectivity index (χ0n) is 26.4. The van der Waals surface area contributed by atoms with Crippen LogP contribution in [0.25, 0.3) is 0 Å². The van der Waals surface area contributed by atoms with Gasteiger partial charge in [0.1, 0.15) is 0 Å². The minimum Gasteiger partial charge on any atom is -0.682 e. The fraction of sp³-hybridized carbons (Fsp3) is 0.824. The van der Waals surface area contributed by atoms with Crippen LogP contribution in [0.15, 0.2) is 18.2 Å². The zero-order chi connectivity index (χ0) is 28.4. The Morgan fingerprint density at radius 3 is 1.27 bits per heavy atom. The van der Waals surface area contributed by atoms with E-state index in [-0.39, 0.29) is 19.5 Å². The molecular formula is C34H61O2PS2Zn. The first-order chi connectivity index (χ1) is 19.0. The van der Waals surface area contributed by atoms with Gasteiger partial charge in [0.15, 0.2) is 5.75 Å². The molecule has 0 aromatic heterocycles. The first kappa shape index (κ1) is 40.7. The van der Waals surface area contributed by atoms with Crippen LogP contribution < -0.4 is 9.42 Å². The molecule has 0 heterocycles. The molecule has 0 saturated carbocycles. The van der Waals surface area contributed by atoms with E-state index in [0.29, 0.717) is 5.75 Å². The predicted octanol–water partition coefficient (Wildman–Crippen LogP) is 11.7. The summed E-state index contributed by atoms with van der Waals surface area (Å²) in [6.45, 7) is 4.56. The van der Waals surface area contributed by atoms with Crippen molar-refractivity contribution < 1.29 is 28.9 Å². The van der Waals surface area contributed by atoms with Crippen molar-refractivity contribution in [1.29, 1.82) is 0 Å². The van der Waals surface area contributed by atoms with Gasteiger partial charge in [0, 0.05) is 0 Å². The Morgan fingerprint density at radius 2 is 0.900 bits per heavy atom. The van der Waals surface area contributed by atoms with E-state index in [1.165, 1.54) is 153 Å². The molecule has 0 fully saturated rings. The average Bonchev–Trinajstić information content (AvgIpc) is 2.90. The summed E-state index contributed by atoms with van der Waals surface area (Å²) in [7, 11) is 0. The number of hydrogen-bond donors (Lipinski definition) is 0. The quantitative estimate of drug-likeness (QED) is 0.0387. The van der Waals surface area contributed by atoms with Crippen LogP contribution in [0.5, 0.6) is 5.75 Å². The molecule has 0 spiro atoms. The molecule has 0 atom stereocenters. The minimum atomic E-state index is -3.40. The standard InChI is InChI=1S/C34H63O2PS2.Zn/c1-3-5-7-9-11-13-15-17-19-21-23-25-27-32-29-30-33(34(31-32)36-37(35,38)39)28-26-24-22-20-18-16-14-12-10-8-6-4-2;/h29-31H,3-28H2,1-2H3,(H2,35,38,39);/q;+2/p-2. The smallest absolute Gasteiger partial charge is 0.682 e. The van der Waals surface area contributed by atoms with Crippen LogP contribution in [-0.2, 0) is 56.8 Å². The molecular weight excluding hydrogens is 601 g/mol. The minimum absolute atomic E-state index is 0. The first-order valence-electron chi connectivity index (χ1n) is 16.8. The monoisotopic (exact) mass is 660 g/mol. The molecule has 1 aromatic carbocycles. The van der Waals surface area contributed by atoms with Gasteiger partial charge < -0.3 is 33.9 Å². The van der Waals surface area contributed by atoms with Crippen molar-refractivity contribution in [1.82, 2.24) is 0 Å². The zero-order valence-corrected chi connectivity index (χ0v) is 31.9. The summed E-state index contributed by atoms with van der Waals surface area (Å²) >= 11 is 9.89. The molecule has 0 bridgehead atoms. The van der Waals surface area contributed by atoms with Crippen molar-refractivity contribution in [2.24, 2.45) is 0 Å². The van der Waals surface area contributed by atoms with Crippen molar-refractivity contribution in [2.45, 2.75) is 181 Å². The van der Waals surface area contributed by atoms with E-state index in [1.54, 1.807) is 0 Å².